The van der Waals surface area contributed by atoms with Crippen molar-refractivity contribution >= 4 is 45.1 Å². The zero-order valence-corrected chi connectivity index (χ0v) is 35.2. The Morgan fingerprint density at radius 1 is 1.07 bits per heavy atom. The van der Waals surface area contributed by atoms with E-state index in [0.29, 0.717) is 41.4 Å². The number of nitrogens with zero attached hydrogens (tertiary/aromatic N) is 4. The number of hydrogen-bond acceptors (Lipinski definition) is 9. The molecule has 1 saturated carbocycles. The second kappa shape index (κ2) is 16.9. The SMILES string of the molecule is CC(C)n1c(O[C@@H]2C[C@H]3C(=O)N[C@]4(C(=O)NS(=O)(=O)N(C)C)C[C@H]4/C=C\CCCCC[C@H](NC(=O)OC(C)(C)C)C(=O)N3C2)nc2c(-c3ccc(F)c(F)c3)cccc21. The lowest BCUT2D eigenvalue weighted by atomic mass is 10.0. The van der Waals surface area contributed by atoms with Gasteiger partial charge in [0.25, 0.3) is 11.9 Å². The number of halogens is 2. The van der Waals surface area contributed by atoms with Gasteiger partial charge in [-0.25, -0.2) is 18.3 Å². The summed E-state index contributed by atoms with van der Waals surface area (Å²) in [6, 6.07) is 6.59. The van der Waals surface area contributed by atoms with Crippen molar-refractivity contribution in [3.63, 3.8) is 0 Å². The monoisotopic (exact) mass is 841 g/mol. The number of amides is 4. The van der Waals surface area contributed by atoms with Crippen molar-refractivity contribution in [1.29, 1.82) is 0 Å². The molecule has 15 nitrogen and oxygen atoms in total. The van der Waals surface area contributed by atoms with Crippen molar-refractivity contribution in [2.75, 3.05) is 20.6 Å². The summed E-state index contributed by atoms with van der Waals surface area (Å²) < 4.78 is 70.6. The number of aromatic nitrogens is 2. The summed E-state index contributed by atoms with van der Waals surface area (Å²) in [4.78, 5) is 62.1. The maximum Gasteiger partial charge on any atom is 0.408 e. The third-order valence-electron chi connectivity index (χ3n) is 10.7. The van der Waals surface area contributed by atoms with E-state index in [9.17, 15) is 36.4 Å². The summed E-state index contributed by atoms with van der Waals surface area (Å²) in [5, 5.41) is 5.54. The standard InChI is InChI=1S/C41H53F2N7O8S/c1-24(2)50-32-17-13-15-28(25-18-19-29(42)30(43)20-25)34(32)45-38(50)57-27-21-33-35(51)46-41(37(53)47-59(55,56)48(6)7)22-26(41)14-11-9-8-10-12-16-31(36(52)49(33)23-27)44-39(54)58-40(3,4)5/h11,13-15,17-20,24,26-27,31,33H,8-10,12,16,21-23H2,1-7H3,(H,44,54)(H,46,51)(H,47,53)/b14-11-/t26-,27-,31+,33+,41-/m1/s1. The van der Waals surface area contributed by atoms with Crippen molar-refractivity contribution in [3.8, 4) is 17.1 Å². The molecule has 0 bridgehead atoms. The van der Waals surface area contributed by atoms with Crippen molar-refractivity contribution in [3.05, 3.63) is 60.2 Å². The van der Waals surface area contributed by atoms with Gasteiger partial charge in [-0.15, -0.1) is 0 Å². The largest absolute Gasteiger partial charge is 0.459 e. The highest BCUT2D eigenvalue weighted by Crippen LogP contribution is 2.46. The molecule has 0 radical (unpaired) electrons. The first-order valence-electron chi connectivity index (χ1n) is 19.9. The molecule has 59 heavy (non-hydrogen) atoms. The predicted molar refractivity (Wildman–Crippen MR) is 215 cm³/mol. The molecule has 3 N–H and O–H groups in total. The van der Waals surface area contributed by atoms with Gasteiger partial charge in [0.1, 0.15) is 34.8 Å². The van der Waals surface area contributed by atoms with Crippen LogP contribution in [0.4, 0.5) is 13.6 Å². The molecule has 5 atom stereocenters. The zero-order valence-electron chi connectivity index (χ0n) is 34.4. The first kappa shape index (κ1) is 43.5. The number of nitrogens with one attached hydrogen (secondary N) is 3. The fraction of sp³-hybridized carbons (Fsp3) is 0.537. The van der Waals surface area contributed by atoms with E-state index in [-0.39, 0.29) is 37.9 Å². The van der Waals surface area contributed by atoms with Crippen LogP contribution >= 0.6 is 0 Å². The van der Waals surface area contributed by atoms with Gasteiger partial charge in [0.05, 0.1) is 12.1 Å². The molecule has 1 aliphatic carbocycles. The van der Waals surface area contributed by atoms with Crippen molar-refractivity contribution in [1.82, 2.24) is 34.1 Å². The molecule has 2 fully saturated rings. The molecule has 4 amide bonds. The average molecular weight is 842 g/mol. The molecule has 0 unspecified atom stereocenters. The van der Waals surface area contributed by atoms with E-state index < -0.39 is 80.9 Å². The molecule has 3 heterocycles. The minimum absolute atomic E-state index is 0.0533. The number of hydrogen-bond donors (Lipinski definition) is 3. The molecule has 3 aromatic rings. The summed E-state index contributed by atoms with van der Waals surface area (Å²) in [7, 11) is -1.67. The van der Waals surface area contributed by atoms with Crippen molar-refractivity contribution < 1.29 is 45.9 Å². The number of fused-ring (bicyclic) bond motifs is 3. The van der Waals surface area contributed by atoms with Crippen LogP contribution in [0.15, 0.2) is 48.6 Å². The average Bonchev–Trinajstić information content (AvgIpc) is 3.46. The fourth-order valence-corrected chi connectivity index (χ4v) is 8.24. The van der Waals surface area contributed by atoms with E-state index in [1.165, 1.54) is 25.1 Å². The predicted octanol–water partition coefficient (Wildman–Crippen LogP) is 5.12. The van der Waals surface area contributed by atoms with E-state index in [0.717, 1.165) is 22.9 Å². The van der Waals surface area contributed by atoms with Gasteiger partial charge in [-0.2, -0.15) is 17.7 Å². The Kier molecular flexibility index (Phi) is 12.4. The van der Waals surface area contributed by atoms with Gasteiger partial charge >= 0.3 is 16.3 Å². The number of benzene rings is 2. The molecule has 2 aliphatic heterocycles. The van der Waals surface area contributed by atoms with Gasteiger partial charge in [0.15, 0.2) is 11.6 Å². The highest BCUT2D eigenvalue weighted by molar-refractivity contribution is 7.87. The molecule has 320 valence electrons. The number of carbonyl (C=O) groups excluding carboxylic acids is 4. The summed E-state index contributed by atoms with van der Waals surface area (Å²) >= 11 is 0. The normalized spacial score (nSPS) is 24.8. The van der Waals surface area contributed by atoms with Crippen molar-refractivity contribution in [2.24, 2.45) is 5.92 Å². The third kappa shape index (κ3) is 9.53. The first-order valence-corrected chi connectivity index (χ1v) is 21.3. The van der Waals surface area contributed by atoms with Crippen LogP contribution in [0.1, 0.15) is 85.6 Å². The molecule has 3 aliphatic rings. The Bertz CT molecular complexity index is 2260. The Morgan fingerprint density at radius 2 is 1.81 bits per heavy atom. The molecule has 18 heteroatoms. The number of ether oxygens (including phenoxy) is 2. The molecule has 2 aromatic carbocycles. The van der Waals surface area contributed by atoms with Gasteiger partial charge < -0.3 is 25.0 Å². The second-order valence-electron chi connectivity index (χ2n) is 16.9. The van der Waals surface area contributed by atoms with Crippen LogP contribution in [0, 0.1) is 17.6 Å². The van der Waals surface area contributed by atoms with Gasteiger partial charge in [0, 0.05) is 38.0 Å². The highest BCUT2D eigenvalue weighted by atomic mass is 32.2. The molecular formula is C41H53F2N7O8S. The lowest BCUT2D eigenvalue weighted by Gasteiger charge is -2.30. The Balaban J connectivity index is 1.37. The van der Waals surface area contributed by atoms with Crippen LogP contribution < -0.4 is 20.1 Å². The maximum absolute atomic E-state index is 14.6. The number of rotatable bonds is 8. The summed E-state index contributed by atoms with van der Waals surface area (Å²) in [5.41, 5.74) is -0.426. The lowest BCUT2D eigenvalue weighted by molar-refractivity contribution is -0.141. The smallest absolute Gasteiger partial charge is 0.408 e. The Labute approximate surface area is 343 Å². The lowest BCUT2D eigenvalue weighted by Crippen LogP contribution is -2.58. The summed E-state index contributed by atoms with van der Waals surface area (Å²) in [6.07, 6.45) is 5.09. The number of allylic oxidation sites excluding steroid dienone is 1. The van der Waals surface area contributed by atoms with Crippen LogP contribution in [0.5, 0.6) is 6.01 Å². The number of carbonyl (C=O) groups is 4. The van der Waals surface area contributed by atoms with E-state index in [4.69, 9.17) is 14.5 Å². The third-order valence-corrected chi connectivity index (χ3v) is 12.1. The second-order valence-corrected chi connectivity index (χ2v) is 18.8. The quantitative estimate of drug-likeness (QED) is 0.260. The van der Waals surface area contributed by atoms with Crippen LogP contribution in [0.25, 0.3) is 22.2 Å². The van der Waals surface area contributed by atoms with Crippen LogP contribution in [-0.4, -0.2) is 101 Å². The first-order chi connectivity index (χ1) is 27.7. The van der Waals surface area contributed by atoms with Gasteiger partial charge in [-0.1, -0.05) is 43.2 Å². The number of para-hydroxylation sites is 1. The topological polar surface area (TPSA) is 181 Å². The minimum atomic E-state index is -4.21. The minimum Gasteiger partial charge on any atom is -0.459 e. The summed E-state index contributed by atoms with van der Waals surface area (Å²) in [6.45, 7) is 8.83. The molecule has 0 spiro atoms. The fourth-order valence-electron chi connectivity index (χ4n) is 7.64. The van der Waals surface area contributed by atoms with E-state index >= 15 is 0 Å². The maximum atomic E-state index is 14.6. The number of imidazole rings is 1. The van der Waals surface area contributed by atoms with Gasteiger partial charge in [-0.05, 0) is 84.1 Å². The van der Waals surface area contributed by atoms with Crippen LogP contribution in [0.2, 0.25) is 0 Å². The van der Waals surface area contributed by atoms with Gasteiger partial charge in [-0.3, -0.25) is 19.0 Å². The zero-order chi connectivity index (χ0) is 43.0. The Hall–Kier alpha value is -5.10. The number of alkyl carbamates (subject to hydrolysis) is 1. The van der Waals surface area contributed by atoms with E-state index in [2.05, 4.69) is 15.4 Å². The Morgan fingerprint density at radius 3 is 2.49 bits per heavy atom. The van der Waals surface area contributed by atoms with E-state index in [1.54, 1.807) is 32.9 Å². The molecule has 1 saturated heterocycles. The highest BCUT2D eigenvalue weighted by Gasteiger charge is 2.62. The summed E-state index contributed by atoms with van der Waals surface area (Å²) in [5.74, 6) is -4.68. The van der Waals surface area contributed by atoms with Crippen LogP contribution in [-0.2, 0) is 29.3 Å². The van der Waals surface area contributed by atoms with Crippen molar-refractivity contribution in [2.45, 2.75) is 115 Å². The van der Waals surface area contributed by atoms with E-state index in [1.807, 2.05) is 36.6 Å². The molecule has 1 aromatic heterocycles. The van der Waals surface area contributed by atoms with Gasteiger partial charge in [0.2, 0.25) is 11.8 Å². The molecular weight excluding hydrogens is 789 g/mol. The molecule has 6 rings (SSSR count). The van der Waals surface area contributed by atoms with Crippen LogP contribution in [0.3, 0.4) is 0 Å².